The molecule has 0 aliphatic carbocycles. The monoisotopic (exact) mass is 206 g/mol. The van der Waals surface area contributed by atoms with Crippen molar-refractivity contribution in [2.75, 3.05) is 12.4 Å². The van der Waals surface area contributed by atoms with E-state index >= 15 is 0 Å². The molecule has 4 heteroatoms. The minimum absolute atomic E-state index is 0.111. The normalized spacial score (nSPS) is 10.2. The predicted molar refractivity (Wildman–Crippen MR) is 49.2 cm³/mol. The maximum atomic E-state index is 12.6. The molecule has 1 nitrogen and oxygen atoms in total. The van der Waals surface area contributed by atoms with Gasteiger partial charge in [0, 0.05) is 10.6 Å². The van der Waals surface area contributed by atoms with E-state index in [4.69, 9.17) is 16.7 Å². The number of thioether (sulfide) groups is 1. The van der Waals surface area contributed by atoms with Crippen molar-refractivity contribution < 1.29 is 9.50 Å². The Labute approximate surface area is 79.5 Å². The van der Waals surface area contributed by atoms with E-state index in [9.17, 15) is 4.39 Å². The number of hydrogen-bond donors (Lipinski definition) is 1. The molecule has 1 N–H and O–H groups in total. The van der Waals surface area contributed by atoms with Crippen molar-refractivity contribution >= 4 is 23.4 Å². The number of aliphatic hydroxyl groups excluding tert-OH is 1. The number of benzene rings is 1. The minimum atomic E-state index is -0.412. The van der Waals surface area contributed by atoms with Gasteiger partial charge in [0.1, 0.15) is 5.82 Å². The van der Waals surface area contributed by atoms with Crippen LogP contribution in [0.15, 0.2) is 23.1 Å². The highest BCUT2D eigenvalue weighted by Crippen LogP contribution is 2.23. The molecule has 0 aliphatic heterocycles. The number of halogens is 2. The van der Waals surface area contributed by atoms with Crippen LogP contribution in [0.25, 0.3) is 0 Å². The largest absolute Gasteiger partial charge is 0.396 e. The van der Waals surface area contributed by atoms with Gasteiger partial charge in [-0.2, -0.15) is 0 Å². The van der Waals surface area contributed by atoms with Gasteiger partial charge in [0.05, 0.1) is 11.6 Å². The molecule has 0 aromatic heterocycles. The summed E-state index contributed by atoms with van der Waals surface area (Å²) >= 11 is 6.98. The Bertz CT molecular complexity index is 267. The summed E-state index contributed by atoms with van der Waals surface area (Å²) < 4.78 is 12.6. The second-order valence-corrected chi connectivity index (χ2v) is 3.72. The van der Waals surface area contributed by atoms with Crippen molar-refractivity contribution in [2.45, 2.75) is 4.90 Å². The topological polar surface area (TPSA) is 20.2 Å². The maximum Gasteiger partial charge on any atom is 0.141 e. The Hall–Kier alpha value is -0.250. The standard InChI is InChI=1S/C8H8ClFOS/c9-7-5-6(12-4-3-11)1-2-8(7)10/h1-2,5,11H,3-4H2. The third-order valence-corrected chi connectivity index (χ3v) is 2.51. The smallest absolute Gasteiger partial charge is 0.141 e. The van der Waals surface area contributed by atoms with Gasteiger partial charge < -0.3 is 5.11 Å². The molecule has 1 aromatic carbocycles. The highest BCUT2D eigenvalue weighted by Gasteiger charge is 2.00. The zero-order valence-corrected chi connectivity index (χ0v) is 7.83. The van der Waals surface area contributed by atoms with Crippen molar-refractivity contribution in [1.82, 2.24) is 0 Å². The van der Waals surface area contributed by atoms with Crippen LogP contribution in [0.1, 0.15) is 0 Å². The van der Waals surface area contributed by atoms with Gasteiger partial charge in [-0.05, 0) is 18.2 Å². The second-order valence-electron chi connectivity index (χ2n) is 2.15. The van der Waals surface area contributed by atoms with E-state index in [1.807, 2.05) is 0 Å². The minimum Gasteiger partial charge on any atom is -0.396 e. The summed E-state index contributed by atoms with van der Waals surface area (Å²) in [4.78, 5) is 0.871. The fourth-order valence-corrected chi connectivity index (χ4v) is 1.67. The van der Waals surface area contributed by atoms with E-state index in [0.717, 1.165) is 4.90 Å². The fourth-order valence-electron chi connectivity index (χ4n) is 0.730. The van der Waals surface area contributed by atoms with Crippen LogP contribution in [0.4, 0.5) is 4.39 Å². The van der Waals surface area contributed by atoms with Crippen LogP contribution in [0.3, 0.4) is 0 Å². The summed E-state index contributed by atoms with van der Waals surface area (Å²) in [5, 5.41) is 8.65. The molecule has 0 radical (unpaired) electrons. The second kappa shape index (κ2) is 4.70. The Morgan fingerprint density at radius 1 is 1.50 bits per heavy atom. The molecule has 0 aliphatic rings. The number of rotatable bonds is 3. The molecule has 0 spiro atoms. The van der Waals surface area contributed by atoms with E-state index in [1.54, 1.807) is 12.1 Å². The summed E-state index contributed by atoms with van der Waals surface area (Å²) in [6.45, 7) is 0.111. The van der Waals surface area contributed by atoms with Crippen molar-refractivity contribution in [3.05, 3.63) is 29.0 Å². The summed E-state index contributed by atoms with van der Waals surface area (Å²) in [6, 6.07) is 4.51. The maximum absolute atomic E-state index is 12.6. The molecule has 0 bridgehead atoms. The van der Waals surface area contributed by atoms with Crippen molar-refractivity contribution in [3.63, 3.8) is 0 Å². The lowest BCUT2D eigenvalue weighted by Crippen LogP contribution is -1.85. The lowest BCUT2D eigenvalue weighted by Gasteiger charge is -1.99. The summed E-state index contributed by atoms with van der Waals surface area (Å²) in [7, 11) is 0. The molecule has 12 heavy (non-hydrogen) atoms. The Morgan fingerprint density at radius 2 is 2.25 bits per heavy atom. The van der Waals surface area contributed by atoms with Gasteiger partial charge in [-0.1, -0.05) is 11.6 Å². The Balaban J connectivity index is 2.69. The van der Waals surface area contributed by atoms with E-state index in [-0.39, 0.29) is 11.6 Å². The van der Waals surface area contributed by atoms with Gasteiger partial charge in [0.2, 0.25) is 0 Å². The van der Waals surface area contributed by atoms with Crippen molar-refractivity contribution in [2.24, 2.45) is 0 Å². The number of hydrogen-bond acceptors (Lipinski definition) is 2. The molecule has 0 atom stereocenters. The highest BCUT2D eigenvalue weighted by molar-refractivity contribution is 7.99. The molecule has 0 saturated heterocycles. The summed E-state index contributed by atoms with van der Waals surface area (Å²) in [5.41, 5.74) is 0. The molecule has 1 rings (SSSR count). The first-order valence-electron chi connectivity index (χ1n) is 3.43. The molecule has 0 heterocycles. The van der Waals surface area contributed by atoms with Gasteiger partial charge in [0.15, 0.2) is 0 Å². The summed E-state index contributed by atoms with van der Waals surface area (Å²) in [5.74, 6) is 0.187. The SMILES string of the molecule is OCCSc1ccc(F)c(Cl)c1. The molecular weight excluding hydrogens is 199 g/mol. The van der Waals surface area contributed by atoms with Gasteiger partial charge in [-0.3, -0.25) is 0 Å². The van der Waals surface area contributed by atoms with Crippen molar-refractivity contribution in [3.8, 4) is 0 Å². The third-order valence-electron chi connectivity index (χ3n) is 1.25. The van der Waals surface area contributed by atoms with Crippen LogP contribution in [0, 0.1) is 5.82 Å². The first-order chi connectivity index (χ1) is 5.74. The Kier molecular flexibility index (Phi) is 3.85. The zero-order chi connectivity index (χ0) is 8.97. The van der Waals surface area contributed by atoms with Crippen LogP contribution >= 0.6 is 23.4 Å². The van der Waals surface area contributed by atoms with Gasteiger partial charge in [-0.25, -0.2) is 4.39 Å². The summed E-state index contributed by atoms with van der Waals surface area (Å²) in [6.07, 6.45) is 0. The molecule has 0 amide bonds. The van der Waals surface area contributed by atoms with Gasteiger partial charge >= 0.3 is 0 Å². The number of aliphatic hydroxyl groups is 1. The average molecular weight is 207 g/mol. The molecule has 0 saturated carbocycles. The fraction of sp³-hybridized carbons (Fsp3) is 0.250. The predicted octanol–water partition coefficient (Wildman–Crippen LogP) is 2.56. The van der Waals surface area contributed by atoms with E-state index < -0.39 is 5.82 Å². The van der Waals surface area contributed by atoms with Gasteiger partial charge in [0.25, 0.3) is 0 Å². The van der Waals surface area contributed by atoms with Crippen LogP contribution in [-0.4, -0.2) is 17.5 Å². The zero-order valence-electron chi connectivity index (χ0n) is 6.26. The quantitative estimate of drug-likeness (QED) is 0.768. The first-order valence-corrected chi connectivity index (χ1v) is 4.79. The van der Waals surface area contributed by atoms with Crippen LogP contribution in [-0.2, 0) is 0 Å². The van der Waals surface area contributed by atoms with E-state index in [1.165, 1.54) is 17.8 Å². The Morgan fingerprint density at radius 3 is 2.83 bits per heavy atom. The molecule has 1 aromatic rings. The average Bonchev–Trinajstić information content (AvgIpc) is 2.07. The molecule has 0 unspecified atom stereocenters. The lowest BCUT2D eigenvalue weighted by molar-refractivity contribution is 0.322. The lowest BCUT2D eigenvalue weighted by atomic mass is 10.3. The molecule has 0 fully saturated rings. The highest BCUT2D eigenvalue weighted by atomic mass is 35.5. The third kappa shape index (κ3) is 2.66. The van der Waals surface area contributed by atoms with Crippen LogP contribution in [0.5, 0.6) is 0 Å². The van der Waals surface area contributed by atoms with Crippen LogP contribution in [0.2, 0.25) is 5.02 Å². The van der Waals surface area contributed by atoms with Gasteiger partial charge in [-0.15, -0.1) is 11.8 Å². The van der Waals surface area contributed by atoms with Crippen molar-refractivity contribution in [1.29, 1.82) is 0 Å². The van der Waals surface area contributed by atoms with Crippen LogP contribution < -0.4 is 0 Å². The molecule has 66 valence electrons. The first kappa shape index (κ1) is 9.84. The molecular formula is C8H8ClFOS. The van der Waals surface area contributed by atoms with E-state index in [2.05, 4.69) is 0 Å². The van der Waals surface area contributed by atoms with E-state index in [0.29, 0.717) is 5.75 Å².